The zero-order valence-corrected chi connectivity index (χ0v) is 13.9. The van der Waals surface area contributed by atoms with E-state index in [2.05, 4.69) is 10.1 Å². The molecule has 0 aliphatic heterocycles. The maximum Gasteiger partial charge on any atom is 0.329 e. The number of aromatic nitrogens is 4. The highest BCUT2D eigenvalue weighted by Gasteiger charge is 2.19. The van der Waals surface area contributed by atoms with Crippen molar-refractivity contribution < 1.29 is 9.47 Å². The van der Waals surface area contributed by atoms with Gasteiger partial charge in [-0.1, -0.05) is 0 Å². The first-order valence-electron chi connectivity index (χ1n) is 7.44. The van der Waals surface area contributed by atoms with Crippen molar-refractivity contribution in [3.63, 3.8) is 0 Å². The Morgan fingerprint density at radius 2 is 1.88 bits per heavy atom. The fourth-order valence-corrected chi connectivity index (χ4v) is 2.65. The molecule has 0 atom stereocenters. The van der Waals surface area contributed by atoms with Crippen molar-refractivity contribution in [2.24, 2.45) is 7.05 Å². The van der Waals surface area contributed by atoms with Crippen LogP contribution in [0.1, 0.15) is 6.92 Å². The van der Waals surface area contributed by atoms with E-state index in [1.165, 1.54) is 7.05 Å². The van der Waals surface area contributed by atoms with Crippen LogP contribution in [-0.4, -0.2) is 33.6 Å². The second kappa shape index (κ2) is 5.88. The van der Waals surface area contributed by atoms with Gasteiger partial charge in [-0.3, -0.25) is 14.3 Å². The minimum atomic E-state index is -0.471. The lowest BCUT2D eigenvalue weighted by Crippen LogP contribution is -2.32. The molecule has 126 valence electrons. The minimum Gasteiger partial charge on any atom is -0.493 e. The van der Waals surface area contributed by atoms with Crippen LogP contribution in [0.15, 0.2) is 27.8 Å². The van der Waals surface area contributed by atoms with Gasteiger partial charge in [0, 0.05) is 19.2 Å². The first-order chi connectivity index (χ1) is 11.5. The Labute approximate surface area is 137 Å². The van der Waals surface area contributed by atoms with Crippen molar-refractivity contribution in [3.8, 4) is 22.8 Å². The Balaban J connectivity index is 2.37. The van der Waals surface area contributed by atoms with Gasteiger partial charge in [-0.05, 0) is 25.1 Å². The molecule has 0 aliphatic carbocycles. The second-order valence-corrected chi connectivity index (χ2v) is 5.25. The maximum absolute atomic E-state index is 12.6. The molecule has 2 heterocycles. The van der Waals surface area contributed by atoms with Gasteiger partial charge in [-0.15, -0.1) is 0 Å². The highest BCUT2D eigenvalue weighted by atomic mass is 16.5. The smallest absolute Gasteiger partial charge is 0.329 e. The van der Waals surface area contributed by atoms with Crippen molar-refractivity contribution in [3.05, 3.63) is 39.0 Å². The van der Waals surface area contributed by atoms with E-state index >= 15 is 0 Å². The average Bonchev–Trinajstić information content (AvgIpc) is 2.97. The number of nitrogens with one attached hydrogen (secondary N) is 1. The number of aryl methyl sites for hydroxylation is 1. The van der Waals surface area contributed by atoms with E-state index < -0.39 is 11.2 Å². The number of hydrogen-bond donors (Lipinski definition) is 1. The van der Waals surface area contributed by atoms with Gasteiger partial charge in [0.2, 0.25) is 0 Å². The number of benzene rings is 1. The highest BCUT2D eigenvalue weighted by Crippen LogP contribution is 2.33. The van der Waals surface area contributed by atoms with E-state index in [9.17, 15) is 9.59 Å². The van der Waals surface area contributed by atoms with Gasteiger partial charge in [-0.2, -0.15) is 5.10 Å². The second-order valence-electron chi connectivity index (χ2n) is 5.25. The Bertz CT molecular complexity index is 1030. The lowest BCUT2D eigenvalue weighted by atomic mass is 10.1. The first-order valence-corrected chi connectivity index (χ1v) is 7.44. The van der Waals surface area contributed by atoms with Gasteiger partial charge in [0.05, 0.1) is 14.2 Å². The number of hydrogen-bond acceptors (Lipinski definition) is 5. The zero-order chi connectivity index (χ0) is 17.4. The third-order valence-corrected chi connectivity index (χ3v) is 3.96. The minimum absolute atomic E-state index is 0.367. The number of H-pyrrole nitrogens is 1. The van der Waals surface area contributed by atoms with Crippen LogP contribution in [0.5, 0.6) is 11.5 Å². The number of rotatable bonds is 4. The van der Waals surface area contributed by atoms with Gasteiger partial charge in [0.15, 0.2) is 11.5 Å². The largest absolute Gasteiger partial charge is 0.493 e. The van der Waals surface area contributed by atoms with Crippen LogP contribution in [0.2, 0.25) is 0 Å². The Kier molecular flexibility index (Phi) is 3.88. The summed E-state index contributed by atoms with van der Waals surface area (Å²) in [6.07, 6.45) is 0. The monoisotopic (exact) mass is 330 g/mol. The van der Waals surface area contributed by atoms with Crippen LogP contribution in [0.3, 0.4) is 0 Å². The Morgan fingerprint density at radius 1 is 1.17 bits per heavy atom. The Morgan fingerprint density at radius 3 is 2.50 bits per heavy atom. The number of ether oxygens (including phenoxy) is 2. The first kappa shape index (κ1) is 15.9. The molecule has 8 nitrogen and oxygen atoms in total. The molecule has 0 bridgehead atoms. The van der Waals surface area contributed by atoms with Crippen molar-refractivity contribution in [1.82, 2.24) is 19.3 Å². The summed E-state index contributed by atoms with van der Waals surface area (Å²) in [4.78, 5) is 27.2. The fraction of sp³-hybridized carbons (Fsp3) is 0.312. The molecular formula is C16H18N4O4. The lowest BCUT2D eigenvalue weighted by molar-refractivity contribution is 0.355. The van der Waals surface area contributed by atoms with Crippen molar-refractivity contribution in [1.29, 1.82) is 0 Å². The normalized spacial score (nSPS) is 11.0. The van der Waals surface area contributed by atoms with Crippen molar-refractivity contribution in [2.75, 3.05) is 14.2 Å². The third-order valence-electron chi connectivity index (χ3n) is 3.96. The number of methoxy groups -OCH3 is 2. The molecule has 0 saturated heterocycles. The Hall–Kier alpha value is -3.03. The van der Waals surface area contributed by atoms with Crippen molar-refractivity contribution in [2.45, 2.75) is 13.5 Å². The summed E-state index contributed by atoms with van der Waals surface area (Å²) in [5.74, 6) is 1.12. The number of aromatic amines is 1. The molecule has 2 aromatic heterocycles. The lowest BCUT2D eigenvalue weighted by Gasteiger charge is -2.08. The highest BCUT2D eigenvalue weighted by molar-refractivity contribution is 5.90. The molecule has 0 spiro atoms. The maximum atomic E-state index is 12.6. The van der Waals surface area contributed by atoms with E-state index in [4.69, 9.17) is 9.47 Å². The van der Waals surface area contributed by atoms with Gasteiger partial charge < -0.3 is 9.47 Å². The van der Waals surface area contributed by atoms with Crippen LogP contribution in [0, 0.1) is 0 Å². The standard InChI is InChI=1S/C16H18N4O4/c1-5-20-14-12(15(21)19(2)16(22)17-14)13(18-20)9-6-7-10(23-3)11(8-9)24-4/h6-8H,5H2,1-4H3,(H,17,22). The molecule has 0 unspecified atom stereocenters. The van der Waals surface area contributed by atoms with Gasteiger partial charge in [0.1, 0.15) is 16.7 Å². The topological polar surface area (TPSA) is 91.1 Å². The predicted octanol–water partition coefficient (Wildman–Crippen LogP) is 1.13. The van der Waals surface area contributed by atoms with E-state index in [0.29, 0.717) is 40.3 Å². The third kappa shape index (κ3) is 2.27. The van der Waals surface area contributed by atoms with Gasteiger partial charge in [0.25, 0.3) is 5.56 Å². The average molecular weight is 330 g/mol. The van der Waals surface area contributed by atoms with E-state index in [1.807, 2.05) is 6.92 Å². The summed E-state index contributed by atoms with van der Waals surface area (Å²) in [6.45, 7) is 2.41. The van der Waals surface area contributed by atoms with Crippen LogP contribution in [0.4, 0.5) is 0 Å². The van der Waals surface area contributed by atoms with Crippen LogP contribution >= 0.6 is 0 Å². The van der Waals surface area contributed by atoms with E-state index in [1.54, 1.807) is 37.1 Å². The number of fused-ring (bicyclic) bond motifs is 1. The summed E-state index contributed by atoms with van der Waals surface area (Å²) in [5.41, 5.74) is 0.744. The molecular weight excluding hydrogens is 312 g/mol. The van der Waals surface area contributed by atoms with E-state index in [0.717, 1.165) is 4.57 Å². The molecule has 8 heteroatoms. The SMILES string of the molecule is CCn1nc(-c2ccc(OC)c(OC)c2)c2c(=O)n(C)c(=O)[nH]c21. The molecule has 0 fully saturated rings. The fourth-order valence-electron chi connectivity index (χ4n) is 2.65. The predicted molar refractivity (Wildman–Crippen MR) is 89.8 cm³/mol. The van der Waals surface area contributed by atoms with Crippen molar-refractivity contribution >= 4 is 11.0 Å². The molecule has 1 N–H and O–H groups in total. The van der Waals surface area contributed by atoms with Crippen LogP contribution < -0.4 is 20.7 Å². The van der Waals surface area contributed by atoms with Gasteiger partial charge >= 0.3 is 5.69 Å². The molecule has 0 saturated carbocycles. The van der Waals surface area contributed by atoms with Crippen LogP contribution in [-0.2, 0) is 13.6 Å². The molecule has 3 rings (SSSR count). The molecule has 1 aromatic carbocycles. The van der Waals surface area contributed by atoms with E-state index in [-0.39, 0.29) is 0 Å². The summed E-state index contributed by atoms with van der Waals surface area (Å²) < 4.78 is 13.2. The van der Waals surface area contributed by atoms with Crippen LogP contribution in [0.25, 0.3) is 22.3 Å². The summed E-state index contributed by atoms with van der Waals surface area (Å²) in [6, 6.07) is 5.31. The zero-order valence-electron chi connectivity index (χ0n) is 13.9. The summed E-state index contributed by atoms with van der Waals surface area (Å²) in [5, 5.41) is 4.86. The molecule has 3 aromatic rings. The molecule has 0 radical (unpaired) electrons. The quantitative estimate of drug-likeness (QED) is 0.774. The molecule has 24 heavy (non-hydrogen) atoms. The summed E-state index contributed by atoms with van der Waals surface area (Å²) >= 11 is 0. The molecule has 0 aliphatic rings. The van der Waals surface area contributed by atoms with Gasteiger partial charge in [-0.25, -0.2) is 9.48 Å². The molecule has 0 amide bonds. The number of nitrogens with zero attached hydrogens (tertiary/aromatic N) is 3. The summed E-state index contributed by atoms with van der Waals surface area (Å²) in [7, 11) is 4.53.